The van der Waals surface area contributed by atoms with E-state index >= 15 is 0 Å². The van der Waals surface area contributed by atoms with Gasteiger partial charge in [0.15, 0.2) is 0 Å². The maximum Gasteiger partial charge on any atom is 0.399 e. The number of amides is 17. The number of nitrogens with zero attached hydrogens (tertiary/aromatic N) is 5. The Labute approximate surface area is 654 Å². The van der Waals surface area contributed by atoms with Gasteiger partial charge in [0.25, 0.3) is 0 Å². The Morgan fingerprint density at radius 2 is 1.14 bits per heavy atom. The highest BCUT2D eigenvalue weighted by Gasteiger charge is 2.51. The molecule has 0 unspecified atom stereocenters. The zero-order chi connectivity index (χ0) is 84.7. The Bertz CT molecular complexity index is 3900. The molecule has 0 saturated carbocycles. The number of likely N-dealkylation sites (tertiary alicyclic amines) is 2. The SMILES string of the molecule is C#CC[C@H](NC(=O)[C@H](CC(N)=O)NC(=O)[C@H](CCC(=O)O)NC(=O)CNC(=O)[C@@H]1CCCN1C(=O)[C@H](CCC(N)=O)NC(=O)[C@H](Cc1ccc(C(F)(F)P(=O)(O)O)cc1)NC(=O)[C@H](CCC(N)=O)NC(=O)[C@@H]1CCCN1C(=O)[C@H](CCC(=O)O)NC(=O)[C@H](CCCCNC(=O)CCCC[C@@H]1SC[C@@H]2NC(=O)N[C@@H]21)N=[N+]=[N-])C(N)=O. The van der Waals surface area contributed by atoms with Gasteiger partial charge in [0, 0.05) is 86.1 Å². The van der Waals surface area contributed by atoms with Gasteiger partial charge in [-0.05, 0) is 88.1 Å². The summed E-state index contributed by atoms with van der Waals surface area (Å²) in [6, 6.07) is -14.1. The monoisotopic (exact) mass is 1650 g/mol. The number of terminal acetylenes is 1. The Morgan fingerprint density at radius 3 is 1.69 bits per heavy atom. The van der Waals surface area contributed by atoms with Crippen LogP contribution in [0.15, 0.2) is 29.4 Å². The third-order valence-electron chi connectivity index (χ3n) is 18.8. The summed E-state index contributed by atoms with van der Waals surface area (Å²) in [4.78, 5) is 261. The molecule has 0 aliphatic carbocycles. The fourth-order valence-corrected chi connectivity index (χ4v) is 14.9. The molecule has 114 heavy (non-hydrogen) atoms. The molecule has 23 N–H and O–H groups in total. The molecule has 1 aromatic rings. The number of halogens is 2. The van der Waals surface area contributed by atoms with Crippen LogP contribution in [0.2, 0.25) is 0 Å². The average Bonchev–Trinajstić information content (AvgIpc) is 1.11. The number of hydrogen-bond acceptors (Lipinski definition) is 21. The highest BCUT2D eigenvalue weighted by Crippen LogP contribution is 2.59. The van der Waals surface area contributed by atoms with Crippen molar-refractivity contribution in [2.75, 3.05) is 31.9 Å². The van der Waals surface area contributed by atoms with Crippen molar-refractivity contribution in [3.63, 3.8) is 0 Å². The van der Waals surface area contributed by atoms with Gasteiger partial charge in [0.2, 0.25) is 88.6 Å². The highest BCUT2D eigenvalue weighted by molar-refractivity contribution is 8.00. The molecule has 4 saturated heterocycles. The number of aliphatic carboxylic acids is 2. The minimum absolute atomic E-state index is 0.0325. The number of fused-ring (bicyclic) bond motifs is 1. The van der Waals surface area contributed by atoms with Crippen molar-refractivity contribution in [3.8, 4) is 12.3 Å². The molecule has 0 aromatic heterocycles. The van der Waals surface area contributed by atoms with Crippen LogP contribution in [-0.4, -0.2) is 246 Å². The van der Waals surface area contributed by atoms with E-state index in [1.54, 1.807) is 11.8 Å². The first kappa shape index (κ1) is 93.3. The molecule has 43 nitrogen and oxygen atoms in total. The molecular formula is C67H95F2N20O23PS. The lowest BCUT2D eigenvalue weighted by Gasteiger charge is -2.31. The lowest BCUT2D eigenvalue weighted by atomic mass is 10.0. The first-order valence-corrected chi connectivity index (χ1v) is 38.9. The number of carboxylic acid groups (broad SMARTS) is 2. The molecule has 0 bridgehead atoms. The number of nitrogens with two attached hydrogens (primary N) is 4. The zero-order valence-electron chi connectivity index (χ0n) is 61.7. The molecule has 17 amide bonds. The molecule has 1 aromatic carbocycles. The number of carboxylic acids is 2. The predicted molar refractivity (Wildman–Crippen MR) is 393 cm³/mol. The summed E-state index contributed by atoms with van der Waals surface area (Å²) < 4.78 is 41.6. The largest absolute Gasteiger partial charge is 0.481 e. The van der Waals surface area contributed by atoms with Crippen LogP contribution in [0.3, 0.4) is 0 Å². The van der Waals surface area contributed by atoms with Gasteiger partial charge in [-0.1, -0.05) is 42.2 Å². The van der Waals surface area contributed by atoms with Crippen LogP contribution >= 0.6 is 19.4 Å². The van der Waals surface area contributed by atoms with Crippen molar-refractivity contribution < 1.29 is 120 Å². The number of nitrogens with one attached hydrogen (secondary N) is 11. The minimum Gasteiger partial charge on any atom is -0.481 e. The fraction of sp³-hybridized carbons (Fsp3) is 0.612. The van der Waals surface area contributed by atoms with E-state index in [2.05, 4.69) is 74.4 Å². The van der Waals surface area contributed by atoms with Gasteiger partial charge >= 0.3 is 31.2 Å². The summed E-state index contributed by atoms with van der Waals surface area (Å²) in [6.45, 7) is -1.23. The molecule has 47 heteroatoms. The molecule has 5 rings (SSSR count). The molecule has 0 spiro atoms. The predicted octanol–water partition coefficient (Wildman–Crippen LogP) is -4.72. The van der Waals surface area contributed by atoms with Crippen LogP contribution in [-0.2, 0) is 98.2 Å². The van der Waals surface area contributed by atoms with Gasteiger partial charge in [0.1, 0.15) is 60.4 Å². The van der Waals surface area contributed by atoms with Crippen molar-refractivity contribution in [1.82, 2.24) is 68.3 Å². The van der Waals surface area contributed by atoms with Crippen molar-refractivity contribution in [2.24, 2.45) is 28.0 Å². The van der Waals surface area contributed by atoms with E-state index in [0.29, 0.717) is 25.0 Å². The van der Waals surface area contributed by atoms with Crippen molar-refractivity contribution in [3.05, 3.63) is 45.8 Å². The first-order valence-electron chi connectivity index (χ1n) is 36.3. The first-order chi connectivity index (χ1) is 53.7. The number of benzene rings is 1. The van der Waals surface area contributed by atoms with Crippen LogP contribution in [0.4, 0.5) is 13.6 Å². The van der Waals surface area contributed by atoms with E-state index in [0.717, 1.165) is 40.5 Å². The van der Waals surface area contributed by atoms with Gasteiger partial charge in [-0.3, -0.25) is 86.1 Å². The lowest BCUT2D eigenvalue weighted by Crippen LogP contribution is -2.60. The number of rotatable bonds is 49. The van der Waals surface area contributed by atoms with Crippen LogP contribution in [0.1, 0.15) is 146 Å². The van der Waals surface area contributed by atoms with Crippen molar-refractivity contribution in [1.29, 1.82) is 0 Å². The Kier molecular flexibility index (Phi) is 36.7. The van der Waals surface area contributed by atoms with E-state index in [-0.39, 0.29) is 99.4 Å². The van der Waals surface area contributed by atoms with E-state index < -0.39 is 251 Å². The van der Waals surface area contributed by atoms with E-state index in [1.807, 2.05) is 0 Å². The standard InChI is InChI=1S/C67H95F2N20O23PS/c1-2-9-36(56(73)99)78-61(104)43(31-50(72)92)83-57(100)37(21-25-53(95)96)77-52(94)32-76-62(105)45-11-7-28-88(45)64(107)40(20-24-49(71)91)81-60(103)42(30-34-15-17-35(18-16-34)67(68,69)113(110,111)112)82-58(101)38(19-23-48(70)90)79-63(106)46-12-8-29-89(46)65(108)41(22-26-54(97)98)80-59(102)39(86-87-74)10-5-6-27-75-51(93)14-4-3-13-47-55-44(33-114-47)84-66(109)85-55/h1,15-18,36-47,55H,3-14,19-33H2,(H2,70,90)(H2,71,91)(H2,72,92)(H2,73,99)(H,75,93)(H,76,105)(H,77,94)(H,78,104)(H,79,106)(H,80,102)(H,81,103)(H,82,101)(H,83,100)(H,95,96)(H,97,98)(H2,84,85,109)(H2,110,111,112)/t36-,37-,38-,39-,40-,41-,42-,43-,44-,45-,46-,47-,55-/m0/s1. The number of primary amides is 4. The second-order valence-corrected chi connectivity index (χ2v) is 30.3. The molecule has 4 heterocycles. The van der Waals surface area contributed by atoms with E-state index in [9.17, 15) is 125 Å². The van der Waals surface area contributed by atoms with Crippen LogP contribution in [0, 0.1) is 12.3 Å². The van der Waals surface area contributed by atoms with Crippen molar-refractivity contribution >= 4 is 126 Å². The molecule has 4 aliphatic heterocycles. The zero-order valence-corrected chi connectivity index (χ0v) is 63.4. The number of hydrogen-bond donors (Lipinski definition) is 19. The lowest BCUT2D eigenvalue weighted by molar-refractivity contribution is -0.143. The summed E-state index contributed by atoms with van der Waals surface area (Å²) in [5.74, 6) is -15.9. The number of carbonyl (C=O) groups is 18. The summed E-state index contributed by atoms with van der Waals surface area (Å²) >= 11 is 1.76. The van der Waals surface area contributed by atoms with E-state index in [1.165, 1.54) is 0 Å². The highest BCUT2D eigenvalue weighted by atomic mass is 32.2. The maximum atomic E-state index is 14.9. The molecule has 4 aliphatic rings. The summed E-state index contributed by atoms with van der Waals surface area (Å²) in [6.07, 6.45) is 0.645. The summed E-state index contributed by atoms with van der Waals surface area (Å²) in [5, 5.41) is 49.8. The molecule has 0 radical (unpaired) electrons. The smallest absolute Gasteiger partial charge is 0.399 e. The van der Waals surface area contributed by atoms with Gasteiger partial charge in [-0.25, -0.2) is 4.79 Å². The van der Waals surface area contributed by atoms with Crippen LogP contribution < -0.4 is 81.4 Å². The number of carbonyl (C=O) groups excluding carboxylic acids is 16. The molecule has 4 fully saturated rings. The van der Waals surface area contributed by atoms with Gasteiger partial charge in [-0.15, -0.1) is 12.3 Å². The number of thioether (sulfide) groups is 1. The van der Waals surface area contributed by atoms with Crippen molar-refractivity contribution in [2.45, 2.75) is 225 Å². The molecule has 626 valence electrons. The van der Waals surface area contributed by atoms with E-state index in [4.69, 9.17) is 29.4 Å². The second-order valence-electron chi connectivity index (χ2n) is 27.4. The van der Waals surface area contributed by atoms with Gasteiger partial charge < -0.3 is 111 Å². The summed E-state index contributed by atoms with van der Waals surface area (Å²) in [5.41, 5.74) is 24.9. The fourth-order valence-electron chi connectivity index (χ4n) is 12.9. The number of unbranched alkanes of at least 4 members (excludes halogenated alkanes) is 2. The Balaban J connectivity index is 1.32. The van der Waals surface area contributed by atoms with Gasteiger partial charge in [-0.2, -0.15) is 20.5 Å². The normalized spacial score (nSPS) is 19.0. The number of azide groups is 1. The number of urea groups is 1. The second kappa shape index (κ2) is 44.8. The topological polar surface area (TPSA) is 697 Å². The quantitative estimate of drug-likeness (QED) is 0.00554. The third kappa shape index (κ3) is 29.3. The third-order valence-corrected chi connectivity index (χ3v) is 21.3. The number of alkyl halides is 2. The van der Waals surface area contributed by atoms with Gasteiger partial charge in [0.05, 0.1) is 25.0 Å². The summed E-state index contributed by atoms with van der Waals surface area (Å²) in [7, 11) is -6.15. The van der Waals surface area contributed by atoms with Crippen LogP contribution in [0.25, 0.3) is 10.4 Å². The molecular weight excluding hydrogens is 1550 g/mol. The van der Waals surface area contributed by atoms with Crippen LogP contribution in [0.5, 0.6) is 0 Å². The molecule has 13 atom stereocenters. The Hall–Kier alpha value is -11.3. The average molecular weight is 1650 g/mol. The minimum atomic E-state index is -6.15. The maximum absolute atomic E-state index is 14.9. The Morgan fingerprint density at radius 1 is 0.623 bits per heavy atom.